The highest BCUT2D eigenvalue weighted by atomic mass is 16.2. The van der Waals surface area contributed by atoms with E-state index in [1.165, 1.54) is 16.2 Å². The highest BCUT2D eigenvalue weighted by molar-refractivity contribution is 5.77. The van der Waals surface area contributed by atoms with Crippen LogP contribution in [-0.4, -0.2) is 38.6 Å². The number of benzene rings is 2. The molecular weight excluding hydrogens is 322 g/mol. The summed E-state index contributed by atoms with van der Waals surface area (Å²) in [6.07, 6.45) is 2.04. The molecule has 0 aliphatic carbocycles. The summed E-state index contributed by atoms with van der Waals surface area (Å²) in [5, 5.41) is 3.25. The van der Waals surface area contributed by atoms with Crippen LogP contribution in [0.4, 0.5) is 5.69 Å². The van der Waals surface area contributed by atoms with Crippen molar-refractivity contribution in [2.45, 2.75) is 25.8 Å². The molecule has 1 aliphatic heterocycles. The van der Waals surface area contributed by atoms with Crippen molar-refractivity contribution in [1.82, 2.24) is 5.32 Å². The Hall–Kier alpha value is -2.33. The molecule has 1 heterocycles. The highest BCUT2D eigenvalue weighted by Gasteiger charge is 2.23. The summed E-state index contributed by atoms with van der Waals surface area (Å²) in [4.78, 5) is 16.4. The van der Waals surface area contributed by atoms with E-state index in [2.05, 4.69) is 59.6 Å². The number of nitrogens with zero attached hydrogens (tertiary/aromatic N) is 1. The normalized spacial score (nSPS) is 16.3. The van der Waals surface area contributed by atoms with Gasteiger partial charge < -0.3 is 15.1 Å². The molecule has 1 fully saturated rings. The third kappa shape index (κ3) is 5.09. The maximum atomic E-state index is 12.6. The Morgan fingerprint density at radius 1 is 1.04 bits per heavy atom. The number of anilines is 1. The number of nitrogens with one attached hydrogen (secondary N) is 2. The van der Waals surface area contributed by atoms with Crippen LogP contribution in [-0.2, 0) is 4.79 Å². The first kappa shape index (κ1) is 18.5. The topological polar surface area (TPSA) is 36.8 Å². The van der Waals surface area contributed by atoms with Crippen molar-refractivity contribution in [3.05, 3.63) is 66.2 Å². The molecule has 26 heavy (non-hydrogen) atoms. The largest absolute Gasteiger partial charge is 0.360 e. The summed E-state index contributed by atoms with van der Waals surface area (Å²) in [6, 6.07) is 21.0. The molecule has 2 aromatic rings. The Morgan fingerprint density at radius 3 is 2.27 bits per heavy atom. The number of amides is 1. The lowest BCUT2D eigenvalue weighted by atomic mass is 10.0. The van der Waals surface area contributed by atoms with Crippen molar-refractivity contribution in [2.24, 2.45) is 0 Å². The molecular formula is C22H30N3O+. The average molecular weight is 353 g/mol. The van der Waals surface area contributed by atoms with Crippen LogP contribution in [0.15, 0.2) is 60.7 Å². The van der Waals surface area contributed by atoms with Gasteiger partial charge in [-0.25, -0.2) is 0 Å². The van der Waals surface area contributed by atoms with Gasteiger partial charge in [0.05, 0.1) is 32.2 Å². The quantitative estimate of drug-likeness (QED) is 0.800. The molecule has 1 aliphatic rings. The van der Waals surface area contributed by atoms with Crippen molar-refractivity contribution < 1.29 is 9.69 Å². The average Bonchev–Trinajstić information content (AvgIpc) is 2.69. The van der Waals surface area contributed by atoms with Crippen molar-refractivity contribution in [3.63, 3.8) is 0 Å². The number of para-hydroxylation sites is 1. The zero-order valence-corrected chi connectivity index (χ0v) is 15.7. The minimum absolute atomic E-state index is 0.124. The van der Waals surface area contributed by atoms with E-state index in [1.807, 2.05) is 18.2 Å². The van der Waals surface area contributed by atoms with Gasteiger partial charge in [0.25, 0.3) is 5.91 Å². The van der Waals surface area contributed by atoms with Gasteiger partial charge in [0.1, 0.15) is 0 Å². The molecule has 0 aromatic heterocycles. The number of hydrogen-bond acceptors (Lipinski definition) is 2. The minimum Gasteiger partial charge on any atom is -0.360 e. The predicted octanol–water partition coefficient (Wildman–Crippen LogP) is 2.05. The van der Waals surface area contributed by atoms with Gasteiger partial charge in [-0.15, -0.1) is 0 Å². The number of piperazine rings is 1. The monoisotopic (exact) mass is 352 g/mol. The lowest BCUT2D eigenvalue weighted by molar-refractivity contribution is -0.892. The van der Waals surface area contributed by atoms with E-state index < -0.39 is 0 Å². The Kier molecular flexibility index (Phi) is 6.67. The fourth-order valence-corrected chi connectivity index (χ4v) is 3.67. The summed E-state index contributed by atoms with van der Waals surface area (Å²) in [5.74, 6) is 0.162. The summed E-state index contributed by atoms with van der Waals surface area (Å²) in [6.45, 7) is 6.75. The molecule has 0 spiro atoms. The van der Waals surface area contributed by atoms with Gasteiger partial charge in [0.2, 0.25) is 0 Å². The Balaban J connectivity index is 1.49. The van der Waals surface area contributed by atoms with Crippen molar-refractivity contribution in [1.29, 1.82) is 0 Å². The van der Waals surface area contributed by atoms with Crippen molar-refractivity contribution in [3.8, 4) is 0 Å². The molecule has 0 radical (unpaired) electrons. The van der Waals surface area contributed by atoms with Gasteiger partial charge in [0.15, 0.2) is 6.54 Å². The van der Waals surface area contributed by atoms with Crippen LogP contribution in [0.2, 0.25) is 0 Å². The minimum atomic E-state index is 0.124. The fourth-order valence-electron chi connectivity index (χ4n) is 3.67. The van der Waals surface area contributed by atoms with Crippen LogP contribution in [0, 0.1) is 0 Å². The van der Waals surface area contributed by atoms with Crippen LogP contribution in [0.5, 0.6) is 0 Å². The molecule has 1 amide bonds. The molecule has 1 atom stereocenters. The second-order valence-electron chi connectivity index (χ2n) is 7.07. The van der Waals surface area contributed by atoms with Gasteiger partial charge >= 0.3 is 0 Å². The molecule has 0 unspecified atom stereocenters. The number of carbonyl (C=O) groups excluding carboxylic acids is 1. The van der Waals surface area contributed by atoms with E-state index in [0.717, 1.165) is 39.0 Å². The van der Waals surface area contributed by atoms with Crippen molar-refractivity contribution in [2.75, 3.05) is 37.6 Å². The molecule has 1 saturated heterocycles. The molecule has 4 heteroatoms. The van der Waals surface area contributed by atoms with Gasteiger partial charge in [-0.05, 0) is 24.1 Å². The Morgan fingerprint density at radius 2 is 1.65 bits per heavy atom. The first-order chi connectivity index (χ1) is 12.8. The van der Waals surface area contributed by atoms with Crippen LogP contribution < -0.4 is 15.1 Å². The standard InChI is InChI=1S/C22H29N3O/c1-2-9-21(19-10-5-3-6-11-19)23-22(26)18-24-14-16-25(17-15-24)20-12-7-4-8-13-20/h3-8,10-13,21H,2,9,14-18H2,1H3,(H,23,26)/p+1/t21-/m0/s1. The van der Waals surface area contributed by atoms with E-state index in [1.54, 1.807) is 0 Å². The molecule has 0 bridgehead atoms. The van der Waals surface area contributed by atoms with Gasteiger partial charge in [-0.2, -0.15) is 0 Å². The lowest BCUT2D eigenvalue weighted by Gasteiger charge is -2.33. The summed E-state index contributed by atoms with van der Waals surface area (Å²) in [7, 11) is 0. The molecule has 0 saturated carbocycles. The first-order valence-corrected chi connectivity index (χ1v) is 9.74. The second-order valence-corrected chi connectivity index (χ2v) is 7.07. The molecule has 3 rings (SSSR count). The van der Waals surface area contributed by atoms with Crippen LogP contribution in [0.3, 0.4) is 0 Å². The number of carbonyl (C=O) groups is 1. The molecule has 138 valence electrons. The Bertz CT molecular complexity index is 666. The van der Waals surface area contributed by atoms with Gasteiger partial charge in [0, 0.05) is 5.69 Å². The smallest absolute Gasteiger partial charge is 0.275 e. The van der Waals surface area contributed by atoms with Crippen LogP contribution >= 0.6 is 0 Å². The van der Waals surface area contributed by atoms with Crippen LogP contribution in [0.25, 0.3) is 0 Å². The number of hydrogen-bond donors (Lipinski definition) is 2. The number of quaternary nitrogens is 1. The summed E-state index contributed by atoms with van der Waals surface area (Å²) in [5.41, 5.74) is 2.48. The first-order valence-electron chi connectivity index (χ1n) is 9.74. The fraction of sp³-hybridized carbons (Fsp3) is 0.409. The molecule has 2 aromatic carbocycles. The summed E-state index contributed by atoms with van der Waals surface area (Å²) < 4.78 is 0. The van der Waals surface area contributed by atoms with Gasteiger partial charge in [-0.3, -0.25) is 4.79 Å². The Labute approximate surface area is 156 Å². The predicted molar refractivity (Wildman–Crippen MR) is 106 cm³/mol. The summed E-state index contributed by atoms with van der Waals surface area (Å²) >= 11 is 0. The maximum absolute atomic E-state index is 12.6. The van der Waals surface area contributed by atoms with E-state index in [-0.39, 0.29) is 11.9 Å². The third-order valence-electron chi connectivity index (χ3n) is 5.12. The van der Waals surface area contributed by atoms with E-state index in [4.69, 9.17) is 0 Å². The van der Waals surface area contributed by atoms with E-state index in [0.29, 0.717) is 6.54 Å². The van der Waals surface area contributed by atoms with E-state index >= 15 is 0 Å². The van der Waals surface area contributed by atoms with E-state index in [9.17, 15) is 4.79 Å². The SMILES string of the molecule is CCC[C@H](NC(=O)C[NH+]1CCN(c2ccccc2)CC1)c1ccccc1. The molecule has 4 nitrogen and oxygen atoms in total. The van der Waals surface area contributed by atoms with Crippen LogP contribution in [0.1, 0.15) is 31.4 Å². The second kappa shape index (κ2) is 9.39. The number of rotatable bonds is 7. The lowest BCUT2D eigenvalue weighted by Crippen LogP contribution is -3.16. The highest BCUT2D eigenvalue weighted by Crippen LogP contribution is 2.17. The zero-order valence-electron chi connectivity index (χ0n) is 15.7. The van der Waals surface area contributed by atoms with Gasteiger partial charge in [-0.1, -0.05) is 61.9 Å². The molecule has 2 N–H and O–H groups in total. The zero-order chi connectivity index (χ0) is 18.2. The third-order valence-corrected chi connectivity index (χ3v) is 5.12. The maximum Gasteiger partial charge on any atom is 0.275 e. The van der Waals surface area contributed by atoms with Crippen molar-refractivity contribution >= 4 is 11.6 Å².